The van der Waals surface area contributed by atoms with Crippen LogP contribution in [0.25, 0.3) is 0 Å². The Balaban J connectivity index is 1.95. The Morgan fingerprint density at radius 1 is 1.35 bits per heavy atom. The largest absolute Gasteiger partial charge is 0.490 e. The van der Waals surface area contributed by atoms with E-state index in [9.17, 15) is 0 Å². The summed E-state index contributed by atoms with van der Waals surface area (Å²) in [5.74, 6) is 0.995. The van der Waals surface area contributed by atoms with E-state index in [1.807, 2.05) is 6.07 Å². The zero-order valence-electron chi connectivity index (χ0n) is 12.9. The van der Waals surface area contributed by atoms with Crippen LogP contribution in [0.4, 0.5) is 0 Å². The molecule has 112 valence electrons. The summed E-state index contributed by atoms with van der Waals surface area (Å²) < 4.78 is 11.7. The first kappa shape index (κ1) is 15.3. The summed E-state index contributed by atoms with van der Waals surface area (Å²) in [5, 5.41) is 3.57. The Bertz CT molecular complexity index is 402. The van der Waals surface area contributed by atoms with Crippen LogP contribution < -0.4 is 10.1 Å². The third kappa shape index (κ3) is 4.22. The number of rotatable bonds is 7. The van der Waals surface area contributed by atoms with Gasteiger partial charge in [-0.1, -0.05) is 25.1 Å². The van der Waals surface area contributed by atoms with Crippen molar-refractivity contribution in [3.05, 3.63) is 29.8 Å². The Kier molecular flexibility index (Phi) is 5.86. The highest BCUT2D eigenvalue weighted by Crippen LogP contribution is 2.26. The highest BCUT2D eigenvalue weighted by molar-refractivity contribution is 5.35. The first-order valence-corrected chi connectivity index (χ1v) is 7.81. The molecule has 1 aliphatic heterocycles. The van der Waals surface area contributed by atoms with E-state index in [2.05, 4.69) is 44.3 Å². The van der Waals surface area contributed by atoms with Gasteiger partial charge in [0, 0.05) is 24.8 Å². The molecule has 20 heavy (non-hydrogen) atoms. The standard InChI is InChI=1S/C17H27NO2/c1-4-13(2)20-17-10-6-5-9-16(17)14(3)18-12-15-8-7-11-19-15/h5-6,9-10,13-15,18H,4,7-8,11-12H2,1-3H3. The van der Waals surface area contributed by atoms with Crippen molar-refractivity contribution in [2.24, 2.45) is 0 Å². The van der Waals surface area contributed by atoms with Gasteiger partial charge in [-0.25, -0.2) is 0 Å². The molecule has 1 N–H and O–H groups in total. The molecule has 1 aromatic rings. The third-order valence-electron chi connectivity index (χ3n) is 3.96. The molecule has 1 aromatic carbocycles. The van der Waals surface area contributed by atoms with E-state index in [-0.39, 0.29) is 12.1 Å². The Morgan fingerprint density at radius 2 is 2.15 bits per heavy atom. The van der Waals surface area contributed by atoms with Gasteiger partial charge in [0.25, 0.3) is 0 Å². The summed E-state index contributed by atoms with van der Waals surface area (Å²) in [6.07, 6.45) is 4.01. The maximum Gasteiger partial charge on any atom is 0.124 e. The van der Waals surface area contributed by atoms with Crippen molar-refractivity contribution in [1.82, 2.24) is 5.32 Å². The molecule has 3 unspecified atom stereocenters. The summed E-state index contributed by atoms with van der Waals surface area (Å²) in [6.45, 7) is 8.27. The lowest BCUT2D eigenvalue weighted by atomic mass is 10.1. The molecular formula is C17H27NO2. The molecule has 0 amide bonds. The smallest absolute Gasteiger partial charge is 0.124 e. The molecule has 0 bridgehead atoms. The van der Waals surface area contributed by atoms with Crippen LogP contribution in [0, 0.1) is 0 Å². The molecule has 3 nitrogen and oxygen atoms in total. The molecule has 3 heteroatoms. The van der Waals surface area contributed by atoms with Crippen LogP contribution in [-0.2, 0) is 4.74 Å². The second-order valence-corrected chi connectivity index (χ2v) is 5.64. The quantitative estimate of drug-likeness (QED) is 0.824. The van der Waals surface area contributed by atoms with E-state index >= 15 is 0 Å². The lowest BCUT2D eigenvalue weighted by Gasteiger charge is -2.22. The number of nitrogens with one attached hydrogen (secondary N) is 1. The van der Waals surface area contributed by atoms with Crippen LogP contribution in [0.2, 0.25) is 0 Å². The first-order valence-electron chi connectivity index (χ1n) is 7.81. The molecule has 2 rings (SSSR count). The molecule has 1 saturated heterocycles. The van der Waals surface area contributed by atoms with Crippen LogP contribution in [-0.4, -0.2) is 25.4 Å². The van der Waals surface area contributed by atoms with Gasteiger partial charge < -0.3 is 14.8 Å². The van der Waals surface area contributed by atoms with Crippen LogP contribution >= 0.6 is 0 Å². The Morgan fingerprint density at radius 3 is 2.85 bits per heavy atom. The summed E-state index contributed by atoms with van der Waals surface area (Å²) in [5.41, 5.74) is 1.23. The molecular weight excluding hydrogens is 250 g/mol. The molecule has 0 spiro atoms. The van der Waals surface area contributed by atoms with Crippen molar-refractivity contribution in [3.63, 3.8) is 0 Å². The Hall–Kier alpha value is -1.06. The van der Waals surface area contributed by atoms with Crippen molar-refractivity contribution in [1.29, 1.82) is 0 Å². The van der Waals surface area contributed by atoms with E-state index < -0.39 is 0 Å². The van der Waals surface area contributed by atoms with E-state index in [1.165, 1.54) is 18.4 Å². The second-order valence-electron chi connectivity index (χ2n) is 5.64. The summed E-state index contributed by atoms with van der Waals surface area (Å²) in [7, 11) is 0. The fourth-order valence-electron chi connectivity index (χ4n) is 2.47. The number of hydrogen-bond acceptors (Lipinski definition) is 3. The van der Waals surface area contributed by atoms with E-state index in [4.69, 9.17) is 9.47 Å². The van der Waals surface area contributed by atoms with E-state index in [0.29, 0.717) is 6.10 Å². The highest BCUT2D eigenvalue weighted by Gasteiger charge is 2.18. The molecule has 0 saturated carbocycles. The van der Waals surface area contributed by atoms with Gasteiger partial charge in [-0.05, 0) is 39.2 Å². The van der Waals surface area contributed by atoms with E-state index in [1.54, 1.807) is 0 Å². The van der Waals surface area contributed by atoms with Crippen LogP contribution in [0.3, 0.4) is 0 Å². The van der Waals surface area contributed by atoms with Crippen molar-refractivity contribution in [3.8, 4) is 5.75 Å². The lowest BCUT2D eigenvalue weighted by Crippen LogP contribution is -2.29. The fraction of sp³-hybridized carbons (Fsp3) is 0.647. The van der Waals surface area contributed by atoms with Crippen molar-refractivity contribution < 1.29 is 9.47 Å². The predicted octanol–water partition coefficient (Wildman–Crippen LogP) is 3.69. The normalized spacial score (nSPS) is 21.6. The van der Waals surface area contributed by atoms with Gasteiger partial charge in [0.2, 0.25) is 0 Å². The Labute approximate surface area is 122 Å². The predicted molar refractivity (Wildman–Crippen MR) is 82.2 cm³/mol. The molecule has 0 aliphatic carbocycles. The molecule has 3 atom stereocenters. The average Bonchev–Trinajstić information content (AvgIpc) is 2.98. The zero-order valence-corrected chi connectivity index (χ0v) is 12.9. The minimum Gasteiger partial charge on any atom is -0.490 e. The van der Waals surface area contributed by atoms with Gasteiger partial charge in [-0.3, -0.25) is 0 Å². The van der Waals surface area contributed by atoms with Gasteiger partial charge in [-0.2, -0.15) is 0 Å². The van der Waals surface area contributed by atoms with Crippen molar-refractivity contribution in [2.45, 2.75) is 58.3 Å². The SMILES string of the molecule is CCC(C)Oc1ccccc1C(C)NCC1CCCO1. The maximum absolute atomic E-state index is 6.02. The topological polar surface area (TPSA) is 30.5 Å². The minimum atomic E-state index is 0.251. The molecule has 0 aromatic heterocycles. The van der Waals surface area contributed by atoms with Crippen molar-refractivity contribution >= 4 is 0 Å². The van der Waals surface area contributed by atoms with E-state index in [0.717, 1.165) is 25.3 Å². The molecule has 1 heterocycles. The number of hydrogen-bond donors (Lipinski definition) is 1. The summed E-state index contributed by atoms with van der Waals surface area (Å²) in [4.78, 5) is 0. The van der Waals surface area contributed by atoms with Gasteiger partial charge in [0.15, 0.2) is 0 Å². The molecule has 0 radical (unpaired) electrons. The third-order valence-corrected chi connectivity index (χ3v) is 3.96. The van der Waals surface area contributed by atoms with Crippen LogP contribution in [0.5, 0.6) is 5.75 Å². The number of para-hydroxylation sites is 1. The maximum atomic E-state index is 6.02. The van der Waals surface area contributed by atoms with Crippen LogP contribution in [0.15, 0.2) is 24.3 Å². The van der Waals surface area contributed by atoms with Crippen molar-refractivity contribution in [2.75, 3.05) is 13.2 Å². The fourth-order valence-corrected chi connectivity index (χ4v) is 2.47. The monoisotopic (exact) mass is 277 g/mol. The average molecular weight is 277 g/mol. The number of ether oxygens (including phenoxy) is 2. The second kappa shape index (κ2) is 7.65. The zero-order chi connectivity index (χ0) is 14.4. The first-order chi connectivity index (χ1) is 9.70. The highest BCUT2D eigenvalue weighted by atomic mass is 16.5. The van der Waals surface area contributed by atoms with Crippen LogP contribution in [0.1, 0.15) is 51.6 Å². The lowest BCUT2D eigenvalue weighted by molar-refractivity contribution is 0.108. The molecule has 1 fully saturated rings. The van der Waals surface area contributed by atoms with Gasteiger partial charge in [-0.15, -0.1) is 0 Å². The van der Waals surface area contributed by atoms with Gasteiger partial charge >= 0.3 is 0 Å². The van der Waals surface area contributed by atoms with Gasteiger partial charge in [0.1, 0.15) is 5.75 Å². The molecule has 1 aliphatic rings. The summed E-state index contributed by atoms with van der Waals surface area (Å²) >= 11 is 0. The number of benzene rings is 1. The summed E-state index contributed by atoms with van der Waals surface area (Å²) in [6, 6.07) is 8.59. The van der Waals surface area contributed by atoms with Gasteiger partial charge in [0.05, 0.1) is 12.2 Å². The minimum absolute atomic E-state index is 0.251.